The van der Waals surface area contributed by atoms with Gasteiger partial charge in [0, 0.05) is 12.5 Å². The molecule has 1 aromatic carbocycles. The van der Waals surface area contributed by atoms with Gasteiger partial charge in [-0.1, -0.05) is 39.7 Å². The summed E-state index contributed by atoms with van der Waals surface area (Å²) in [7, 11) is 0. The molecule has 0 aliphatic rings. The van der Waals surface area contributed by atoms with E-state index in [-0.39, 0.29) is 0 Å². The van der Waals surface area contributed by atoms with E-state index in [0.717, 1.165) is 25.2 Å². The molecule has 0 spiro atoms. The topological polar surface area (TPSA) is 38.7 Å². The fourth-order valence-electron chi connectivity index (χ4n) is 1.62. The molecule has 1 rings (SSSR count). The van der Waals surface area contributed by atoms with E-state index in [4.69, 9.17) is 9.47 Å². The number of aliphatic hydroxyl groups excluding tert-OH is 1. The van der Waals surface area contributed by atoms with Gasteiger partial charge in [-0.15, -0.1) is 0 Å². The lowest BCUT2D eigenvalue weighted by Crippen LogP contribution is -2.14. The SMILES string of the molecule is CCC(CC)COc1cccc(O[C@@H](O)CC)c1. The molecule has 1 aromatic rings. The molecule has 0 bridgehead atoms. The third kappa shape index (κ3) is 4.96. The summed E-state index contributed by atoms with van der Waals surface area (Å²) in [6, 6.07) is 7.43. The van der Waals surface area contributed by atoms with Gasteiger partial charge in [0.1, 0.15) is 11.5 Å². The summed E-state index contributed by atoms with van der Waals surface area (Å²) in [6.45, 7) is 6.95. The van der Waals surface area contributed by atoms with Crippen LogP contribution in [0.2, 0.25) is 0 Å². The first-order chi connectivity index (χ1) is 8.69. The van der Waals surface area contributed by atoms with E-state index in [1.807, 2.05) is 31.2 Å². The summed E-state index contributed by atoms with van der Waals surface area (Å²) in [6.07, 6.45) is 2.07. The van der Waals surface area contributed by atoms with Crippen LogP contribution in [0.3, 0.4) is 0 Å². The molecule has 3 heteroatoms. The highest BCUT2D eigenvalue weighted by Gasteiger charge is 2.06. The molecule has 3 nitrogen and oxygen atoms in total. The summed E-state index contributed by atoms with van der Waals surface area (Å²) >= 11 is 0. The van der Waals surface area contributed by atoms with Crippen LogP contribution < -0.4 is 9.47 Å². The number of hydrogen-bond donors (Lipinski definition) is 1. The number of hydrogen-bond acceptors (Lipinski definition) is 3. The summed E-state index contributed by atoms with van der Waals surface area (Å²) in [5.74, 6) is 2.03. The van der Waals surface area contributed by atoms with Crippen molar-refractivity contribution in [2.75, 3.05) is 6.61 Å². The molecule has 0 unspecified atom stereocenters. The Morgan fingerprint density at radius 2 is 1.72 bits per heavy atom. The molecule has 18 heavy (non-hydrogen) atoms. The van der Waals surface area contributed by atoms with E-state index in [1.165, 1.54) is 0 Å². The molecular formula is C15H24O3. The highest BCUT2D eigenvalue weighted by atomic mass is 16.6. The summed E-state index contributed by atoms with van der Waals surface area (Å²) in [5.41, 5.74) is 0. The van der Waals surface area contributed by atoms with Gasteiger partial charge in [0.2, 0.25) is 0 Å². The second kappa shape index (κ2) is 7.98. The lowest BCUT2D eigenvalue weighted by atomic mass is 10.1. The molecule has 0 heterocycles. The van der Waals surface area contributed by atoms with Crippen molar-refractivity contribution in [3.05, 3.63) is 24.3 Å². The van der Waals surface area contributed by atoms with E-state index in [2.05, 4.69) is 13.8 Å². The Labute approximate surface area is 110 Å². The van der Waals surface area contributed by atoms with E-state index >= 15 is 0 Å². The zero-order chi connectivity index (χ0) is 13.4. The zero-order valence-electron chi connectivity index (χ0n) is 11.6. The van der Waals surface area contributed by atoms with Crippen molar-refractivity contribution in [1.29, 1.82) is 0 Å². The maximum absolute atomic E-state index is 9.43. The minimum Gasteiger partial charge on any atom is -0.493 e. The highest BCUT2D eigenvalue weighted by Crippen LogP contribution is 2.21. The first-order valence-corrected chi connectivity index (χ1v) is 6.77. The first kappa shape index (κ1) is 14.8. The predicted octanol–water partition coefficient (Wildman–Crippen LogP) is 3.61. The molecule has 0 saturated heterocycles. The maximum Gasteiger partial charge on any atom is 0.197 e. The van der Waals surface area contributed by atoms with E-state index in [1.54, 1.807) is 0 Å². The number of ether oxygens (including phenoxy) is 2. The van der Waals surface area contributed by atoms with Crippen LogP contribution in [0.4, 0.5) is 0 Å². The Morgan fingerprint density at radius 1 is 1.06 bits per heavy atom. The smallest absolute Gasteiger partial charge is 0.197 e. The second-order valence-corrected chi connectivity index (χ2v) is 4.45. The third-order valence-corrected chi connectivity index (χ3v) is 3.07. The molecule has 102 valence electrons. The fraction of sp³-hybridized carbons (Fsp3) is 0.600. The molecule has 0 radical (unpaired) electrons. The Morgan fingerprint density at radius 3 is 2.33 bits per heavy atom. The van der Waals surface area contributed by atoms with Crippen molar-refractivity contribution in [2.45, 2.75) is 46.3 Å². The van der Waals surface area contributed by atoms with Gasteiger partial charge in [-0.25, -0.2) is 0 Å². The highest BCUT2D eigenvalue weighted by molar-refractivity contribution is 5.32. The molecule has 0 saturated carbocycles. The first-order valence-electron chi connectivity index (χ1n) is 6.77. The van der Waals surface area contributed by atoms with Crippen molar-refractivity contribution < 1.29 is 14.6 Å². The third-order valence-electron chi connectivity index (χ3n) is 3.07. The Balaban J connectivity index is 2.53. The van der Waals surface area contributed by atoms with Crippen LogP contribution in [0.5, 0.6) is 11.5 Å². The van der Waals surface area contributed by atoms with Gasteiger partial charge in [-0.2, -0.15) is 0 Å². The van der Waals surface area contributed by atoms with Gasteiger partial charge in [-0.3, -0.25) is 0 Å². The Kier molecular flexibility index (Phi) is 6.58. The van der Waals surface area contributed by atoms with E-state index in [0.29, 0.717) is 18.1 Å². The standard InChI is InChI=1S/C15H24O3/c1-4-12(5-2)11-17-13-8-7-9-14(10-13)18-15(16)6-3/h7-10,12,15-16H,4-6,11H2,1-3H3/t15-/m1/s1. The molecule has 0 fully saturated rings. The van der Waals surface area contributed by atoms with Crippen molar-refractivity contribution in [2.24, 2.45) is 5.92 Å². The quantitative estimate of drug-likeness (QED) is 0.718. The summed E-state index contributed by atoms with van der Waals surface area (Å²) in [5, 5.41) is 9.43. The van der Waals surface area contributed by atoms with Gasteiger partial charge >= 0.3 is 0 Å². The van der Waals surface area contributed by atoms with Gasteiger partial charge in [0.15, 0.2) is 6.29 Å². The van der Waals surface area contributed by atoms with Crippen LogP contribution in [0, 0.1) is 5.92 Å². The van der Waals surface area contributed by atoms with Crippen LogP contribution in [-0.2, 0) is 0 Å². The lowest BCUT2D eigenvalue weighted by molar-refractivity contribution is -0.0192. The van der Waals surface area contributed by atoms with Crippen LogP contribution in [0.1, 0.15) is 40.0 Å². The molecule has 0 aliphatic carbocycles. The Hall–Kier alpha value is -1.22. The van der Waals surface area contributed by atoms with Crippen molar-refractivity contribution >= 4 is 0 Å². The number of rotatable bonds is 8. The van der Waals surface area contributed by atoms with Gasteiger partial charge in [0.25, 0.3) is 0 Å². The van der Waals surface area contributed by atoms with Crippen LogP contribution in [-0.4, -0.2) is 18.0 Å². The predicted molar refractivity (Wildman–Crippen MR) is 72.9 cm³/mol. The largest absolute Gasteiger partial charge is 0.493 e. The summed E-state index contributed by atoms with van der Waals surface area (Å²) in [4.78, 5) is 0. The van der Waals surface area contributed by atoms with Crippen molar-refractivity contribution in [3.8, 4) is 11.5 Å². The molecule has 0 aliphatic heterocycles. The van der Waals surface area contributed by atoms with Gasteiger partial charge in [-0.05, 0) is 18.1 Å². The average molecular weight is 252 g/mol. The van der Waals surface area contributed by atoms with E-state index in [9.17, 15) is 5.11 Å². The Bertz CT molecular complexity index is 334. The minimum atomic E-state index is -0.751. The number of benzene rings is 1. The second-order valence-electron chi connectivity index (χ2n) is 4.45. The van der Waals surface area contributed by atoms with Crippen molar-refractivity contribution in [1.82, 2.24) is 0 Å². The lowest BCUT2D eigenvalue weighted by Gasteiger charge is -2.15. The minimum absolute atomic E-state index is 0.568. The van der Waals surface area contributed by atoms with Crippen molar-refractivity contribution in [3.63, 3.8) is 0 Å². The zero-order valence-corrected chi connectivity index (χ0v) is 11.6. The molecule has 0 aromatic heterocycles. The summed E-state index contributed by atoms with van der Waals surface area (Å²) < 4.78 is 11.1. The monoisotopic (exact) mass is 252 g/mol. The molecule has 0 amide bonds. The maximum atomic E-state index is 9.43. The van der Waals surface area contributed by atoms with Crippen LogP contribution in [0.15, 0.2) is 24.3 Å². The normalized spacial score (nSPS) is 12.5. The van der Waals surface area contributed by atoms with Gasteiger partial charge < -0.3 is 14.6 Å². The van der Waals surface area contributed by atoms with E-state index < -0.39 is 6.29 Å². The molecular weight excluding hydrogens is 228 g/mol. The van der Waals surface area contributed by atoms with Crippen LogP contribution >= 0.6 is 0 Å². The average Bonchev–Trinajstić information content (AvgIpc) is 2.40. The molecule has 1 N–H and O–H groups in total. The molecule has 1 atom stereocenters. The number of aliphatic hydroxyl groups is 1. The van der Waals surface area contributed by atoms with Gasteiger partial charge in [0.05, 0.1) is 6.61 Å². The fourth-order valence-corrected chi connectivity index (χ4v) is 1.62. The van der Waals surface area contributed by atoms with Crippen LogP contribution in [0.25, 0.3) is 0 Å².